The molecule has 0 aliphatic carbocycles. The van der Waals surface area contributed by atoms with Crippen LogP contribution in [0.2, 0.25) is 0 Å². The van der Waals surface area contributed by atoms with Gasteiger partial charge in [0.25, 0.3) is 10.0 Å². The Morgan fingerprint density at radius 2 is 1.95 bits per heavy atom. The summed E-state index contributed by atoms with van der Waals surface area (Å²) in [4.78, 5) is 3.10. The fourth-order valence-electron chi connectivity index (χ4n) is 1.90. The number of rotatable bonds is 9. The first-order valence-corrected chi connectivity index (χ1v) is 9.05. The Morgan fingerprint density at radius 1 is 1.25 bits per heavy atom. The largest absolute Gasteiger partial charge is 0.315 e. The smallest absolute Gasteiger partial charge is 0.252 e. The zero-order chi connectivity index (χ0) is 15.2. The van der Waals surface area contributed by atoms with E-state index in [0.29, 0.717) is 23.8 Å². The highest BCUT2D eigenvalue weighted by molar-refractivity contribution is 7.91. The van der Waals surface area contributed by atoms with Crippen LogP contribution in [0.1, 0.15) is 18.2 Å². The molecule has 20 heavy (non-hydrogen) atoms. The molecule has 0 aliphatic heterocycles. The standard InChI is InChI=1S/C13H25N3O2S2/c1-5-16(10-6-9-15(3)4)20(17,18)13-8-7-12(19-13)11-14-2/h7-8,14H,5-6,9-11H2,1-4H3. The van der Waals surface area contributed by atoms with Gasteiger partial charge in [0.15, 0.2) is 0 Å². The van der Waals surface area contributed by atoms with Crippen molar-refractivity contribution in [1.29, 1.82) is 0 Å². The molecule has 0 atom stereocenters. The van der Waals surface area contributed by atoms with E-state index < -0.39 is 10.0 Å². The van der Waals surface area contributed by atoms with E-state index in [1.165, 1.54) is 11.3 Å². The highest BCUT2D eigenvalue weighted by Crippen LogP contribution is 2.25. The highest BCUT2D eigenvalue weighted by Gasteiger charge is 2.24. The molecule has 1 N–H and O–H groups in total. The zero-order valence-corrected chi connectivity index (χ0v) is 14.4. The average Bonchev–Trinajstić information content (AvgIpc) is 2.84. The summed E-state index contributed by atoms with van der Waals surface area (Å²) >= 11 is 1.35. The number of sulfonamides is 1. The maximum atomic E-state index is 12.6. The topological polar surface area (TPSA) is 52.7 Å². The van der Waals surface area contributed by atoms with Crippen molar-refractivity contribution < 1.29 is 8.42 Å². The van der Waals surface area contributed by atoms with Crippen molar-refractivity contribution in [3.63, 3.8) is 0 Å². The van der Waals surface area contributed by atoms with Crippen LogP contribution in [-0.4, -0.2) is 58.4 Å². The van der Waals surface area contributed by atoms with Crippen molar-refractivity contribution >= 4 is 21.4 Å². The van der Waals surface area contributed by atoms with Gasteiger partial charge in [0.1, 0.15) is 4.21 Å². The lowest BCUT2D eigenvalue weighted by Gasteiger charge is -2.20. The van der Waals surface area contributed by atoms with E-state index in [9.17, 15) is 8.42 Å². The Morgan fingerprint density at radius 3 is 2.50 bits per heavy atom. The lowest BCUT2D eigenvalue weighted by Crippen LogP contribution is -2.32. The van der Waals surface area contributed by atoms with Crippen LogP contribution in [0.25, 0.3) is 0 Å². The normalized spacial score (nSPS) is 12.5. The summed E-state index contributed by atoms with van der Waals surface area (Å²) in [7, 11) is 2.50. The SMILES string of the molecule is CCN(CCCN(C)C)S(=O)(=O)c1ccc(CNC)s1. The van der Waals surface area contributed by atoms with Crippen LogP contribution < -0.4 is 5.32 Å². The molecule has 1 aromatic rings. The minimum Gasteiger partial charge on any atom is -0.315 e. The molecule has 116 valence electrons. The molecule has 0 spiro atoms. The van der Waals surface area contributed by atoms with Gasteiger partial charge in [-0.1, -0.05) is 6.92 Å². The molecule has 0 radical (unpaired) electrons. The molecule has 0 fully saturated rings. The van der Waals surface area contributed by atoms with E-state index in [4.69, 9.17) is 0 Å². The van der Waals surface area contributed by atoms with Gasteiger partial charge in [0.05, 0.1) is 0 Å². The second-order valence-electron chi connectivity index (χ2n) is 4.90. The minimum absolute atomic E-state index is 0.439. The molecule has 1 aromatic heterocycles. The molecular weight excluding hydrogens is 294 g/mol. The summed E-state index contributed by atoms with van der Waals surface area (Å²) in [6.45, 7) is 4.55. The number of thiophene rings is 1. The fraction of sp³-hybridized carbons (Fsp3) is 0.692. The van der Waals surface area contributed by atoms with Crippen LogP contribution in [0, 0.1) is 0 Å². The summed E-state index contributed by atoms with van der Waals surface area (Å²) < 4.78 is 27.1. The van der Waals surface area contributed by atoms with E-state index in [0.717, 1.165) is 17.8 Å². The third kappa shape index (κ3) is 4.82. The molecule has 1 rings (SSSR count). The van der Waals surface area contributed by atoms with Crippen LogP contribution in [0.5, 0.6) is 0 Å². The van der Waals surface area contributed by atoms with Gasteiger partial charge < -0.3 is 10.2 Å². The van der Waals surface area contributed by atoms with Gasteiger partial charge in [-0.2, -0.15) is 4.31 Å². The Kier molecular flexibility index (Phi) is 7.11. The summed E-state index contributed by atoms with van der Waals surface area (Å²) in [5.74, 6) is 0. The number of hydrogen-bond donors (Lipinski definition) is 1. The van der Waals surface area contributed by atoms with Crippen LogP contribution in [-0.2, 0) is 16.6 Å². The quantitative estimate of drug-likeness (QED) is 0.748. The van der Waals surface area contributed by atoms with Crippen molar-refractivity contribution in [2.24, 2.45) is 0 Å². The number of nitrogens with one attached hydrogen (secondary N) is 1. The Bertz CT molecular complexity index is 497. The van der Waals surface area contributed by atoms with E-state index >= 15 is 0 Å². The van der Waals surface area contributed by atoms with Crippen molar-refractivity contribution in [1.82, 2.24) is 14.5 Å². The second-order valence-corrected chi connectivity index (χ2v) is 8.24. The maximum absolute atomic E-state index is 12.6. The van der Waals surface area contributed by atoms with Crippen LogP contribution in [0.4, 0.5) is 0 Å². The van der Waals surface area contributed by atoms with E-state index in [-0.39, 0.29) is 0 Å². The van der Waals surface area contributed by atoms with E-state index in [1.54, 1.807) is 10.4 Å². The highest BCUT2D eigenvalue weighted by atomic mass is 32.2. The Hall–Kier alpha value is -0.470. The van der Waals surface area contributed by atoms with Crippen molar-refractivity contribution in [3.8, 4) is 0 Å². The molecule has 0 saturated heterocycles. The zero-order valence-electron chi connectivity index (χ0n) is 12.7. The van der Waals surface area contributed by atoms with Gasteiger partial charge in [-0.25, -0.2) is 8.42 Å². The molecule has 7 heteroatoms. The van der Waals surface area contributed by atoms with E-state index in [2.05, 4.69) is 10.2 Å². The van der Waals surface area contributed by atoms with Gasteiger partial charge in [-0.3, -0.25) is 0 Å². The van der Waals surface area contributed by atoms with Crippen molar-refractivity contribution in [2.75, 3.05) is 40.8 Å². The molecule has 0 unspecified atom stereocenters. The first-order chi connectivity index (χ1) is 9.41. The lowest BCUT2D eigenvalue weighted by molar-refractivity contribution is 0.356. The summed E-state index contributed by atoms with van der Waals surface area (Å²) in [5, 5.41) is 3.04. The fourth-order valence-corrected chi connectivity index (χ4v) is 4.91. The third-order valence-electron chi connectivity index (χ3n) is 2.95. The van der Waals surface area contributed by atoms with Crippen LogP contribution in [0.3, 0.4) is 0 Å². The van der Waals surface area contributed by atoms with Gasteiger partial charge in [-0.05, 0) is 46.2 Å². The third-order valence-corrected chi connectivity index (χ3v) is 6.47. The predicted octanol–water partition coefficient (Wildman–Crippen LogP) is 1.43. The maximum Gasteiger partial charge on any atom is 0.252 e. The summed E-state index contributed by atoms with van der Waals surface area (Å²) in [5.41, 5.74) is 0. The summed E-state index contributed by atoms with van der Waals surface area (Å²) in [6.07, 6.45) is 0.842. The number of nitrogens with zero attached hydrogens (tertiary/aromatic N) is 2. The molecule has 0 amide bonds. The molecule has 0 aliphatic rings. The van der Waals surface area contributed by atoms with Crippen molar-refractivity contribution in [3.05, 3.63) is 17.0 Å². The summed E-state index contributed by atoms with van der Waals surface area (Å²) in [6, 6.07) is 3.59. The lowest BCUT2D eigenvalue weighted by atomic mass is 10.4. The predicted molar refractivity (Wildman–Crippen MR) is 84.7 cm³/mol. The monoisotopic (exact) mass is 319 g/mol. The number of hydrogen-bond acceptors (Lipinski definition) is 5. The second kappa shape index (κ2) is 8.09. The Labute approximate surface area is 126 Å². The van der Waals surface area contributed by atoms with E-state index in [1.807, 2.05) is 34.1 Å². The molecule has 5 nitrogen and oxygen atoms in total. The van der Waals surface area contributed by atoms with Crippen LogP contribution >= 0.6 is 11.3 Å². The van der Waals surface area contributed by atoms with Gasteiger partial charge in [-0.15, -0.1) is 11.3 Å². The Balaban J connectivity index is 2.77. The molecule has 1 heterocycles. The van der Waals surface area contributed by atoms with Crippen LogP contribution in [0.15, 0.2) is 16.3 Å². The molecule has 0 aromatic carbocycles. The molecule has 0 bridgehead atoms. The molecule has 0 saturated carbocycles. The first-order valence-electron chi connectivity index (χ1n) is 6.80. The van der Waals surface area contributed by atoms with Gasteiger partial charge in [0, 0.05) is 24.5 Å². The van der Waals surface area contributed by atoms with Crippen molar-refractivity contribution in [2.45, 2.75) is 24.1 Å². The first kappa shape index (κ1) is 17.6. The minimum atomic E-state index is -3.34. The van der Waals surface area contributed by atoms with Gasteiger partial charge in [0.2, 0.25) is 0 Å². The van der Waals surface area contributed by atoms with Gasteiger partial charge >= 0.3 is 0 Å². The average molecular weight is 319 g/mol. The molecular formula is C13H25N3O2S2.